The average molecular weight is 224 g/mol. The number of hydrogen-bond donors (Lipinski definition) is 2. The molecule has 1 aromatic rings. The third-order valence-corrected chi connectivity index (χ3v) is 2.94. The minimum Gasteiger partial charge on any atom is -0.505 e. The number of aromatic hydroxyl groups is 1. The number of nitrogens with zero attached hydrogens (tertiary/aromatic N) is 1. The molecule has 0 spiro atoms. The molecular formula is C12H17FN2O. The van der Waals surface area contributed by atoms with E-state index >= 15 is 0 Å². The summed E-state index contributed by atoms with van der Waals surface area (Å²) < 4.78 is 13.1. The number of likely N-dealkylation sites (tertiary alicyclic amines) is 1. The van der Waals surface area contributed by atoms with Gasteiger partial charge in [-0.25, -0.2) is 4.39 Å². The molecule has 2 N–H and O–H groups in total. The van der Waals surface area contributed by atoms with E-state index in [0.717, 1.165) is 31.6 Å². The summed E-state index contributed by atoms with van der Waals surface area (Å²) in [6.45, 7) is 2.10. The van der Waals surface area contributed by atoms with Crippen molar-refractivity contribution in [3.8, 4) is 5.75 Å². The van der Waals surface area contributed by atoms with Crippen LogP contribution in [0.1, 0.15) is 12.8 Å². The number of rotatable bonds is 2. The van der Waals surface area contributed by atoms with Gasteiger partial charge in [-0.15, -0.1) is 0 Å². The van der Waals surface area contributed by atoms with E-state index in [1.54, 1.807) is 6.07 Å². The monoisotopic (exact) mass is 224 g/mol. The number of hydrogen-bond acceptors (Lipinski definition) is 3. The summed E-state index contributed by atoms with van der Waals surface area (Å²) >= 11 is 0. The largest absolute Gasteiger partial charge is 0.505 e. The van der Waals surface area contributed by atoms with Gasteiger partial charge in [-0.3, -0.25) is 0 Å². The zero-order chi connectivity index (χ0) is 11.5. The van der Waals surface area contributed by atoms with Crippen LogP contribution in [0.4, 0.5) is 10.1 Å². The second-order valence-electron chi connectivity index (χ2n) is 4.41. The Kier molecular flexibility index (Phi) is 3.29. The highest BCUT2D eigenvalue weighted by Crippen LogP contribution is 2.21. The van der Waals surface area contributed by atoms with E-state index in [0.29, 0.717) is 6.04 Å². The van der Waals surface area contributed by atoms with E-state index in [1.165, 1.54) is 12.1 Å². The number of piperidine rings is 1. The molecule has 1 heterocycles. The lowest BCUT2D eigenvalue weighted by Crippen LogP contribution is -2.39. The third-order valence-electron chi connectivity index (χ3n) is 2.94. The molecule has 1 atom stereocenters. The topological polar surface area (TPSA) is 35.5 Å². The summed E-state index contributed by atoms with van der Waals surface area (Å²) in [5.74, 6) is -0.875. The van der Waals surface area contributed by atoms with Crippen LogP contribution < -0.4 is 5.32 Å². The standard InChI is InChI=1S/C12H17FN2O/c1-15-6-2-3-10(8-15)14-9-4-5-12(16)11(13)7-9/h4-5,7,10,14,16H,2-3,6,8H2,1H3. The number of phenolic OH excluding ortho intramolecular Hbond substituents is 1. The van der Waals surface area contributed by atoms with Crippen molar-refractivity contribution in [2.75, 3.05) is 25.5 Å². The maximum Gasteiger partial charge on any atom is 0.166 e. The van der Waals surface area contributed by atoms with Gasteiger partial charge in [0.15, 0.2) is 11.6 Å². The molecular weight excluding hydrogens is 207 g/mol. The molecule has 4 heteroatoms. The number of likely N-dealkylation sites (N-methyl/N-ethyl adjacent to an activating group) is 1. The SMILES string of the molecule is CN1CCCC(Nc2ccc(O)c(F)c2)C1. The van der Waals surface area contributed by atoms with Gasteiger partial charge in [0.2, 0.25) is 0 Å². The van der Waals surface area contributed by atoms with Gasteiger partial charge in [0.1, 0.15) is 0 Å². The first-order chi connectivity index (χ1) is 7.65. The number of phenols is 1. The summed E-state index contributed by atoms with van der Waals surface area (Å²) in [5.41, 5.74) is 0.732. The van der Waals surface area contributed by atoms with E-state index in [4.69, 9.17) is 5.11 Å². The van der Waals surface area contributed by atoms with Crippen LogP contribution >= 0.6 is 0 Å². The van der Waals surface area contributed by atoms with Gasteiger partial charge in [0.25, 0.3) is 0 Å². The maximum absolute atomic E-state index is 13.1. The number of halogens is 1. The van der Waals surface area contributed by atoms with Gasteiger partial charge in [0.05, 0.1) is 0 Å². The molecule has 3 nitrogen and oxygen atoms in total. The minimum atomic E-state index is -0.575. The molecule has 2 rings (SSSR count). The summed E-state index contributed by atoms with van der Waals surface area (Å²) in [6.07, 6.45) is 2.27. The summed E-state index contributed by atoms with van der Waals surface area (Å²) in [5, 5.41) is 12.4. The van der Waals surface area contributed by atoms with Crippen molar-refractivity contribution in [2.45, 2.75) is 18.9 Å². The lowest BCUT2D eigenvalue weighted by Gasteiger charge is -2.30. The molecule has 1 unspecified atom stereocenters. The van der Waals surface area contributed by atoms with Crippen LogP contribution in [0.25, 0.3) is 0 Å². The van der Waals surface area contributed by atoms with Crippen LogP contribution in [0.15, 0.2) is 18.2 Å². The van der Waals surface area contributed by atoms with E-state index in [9.17, 15) is 4.39 Å². The van der Waals surface area contributed by atoms with E-state index in [2.05, 4.69) is 17.3 Å². The summed E-state index contributed by atoms with van der Waals surface area (Å²) in [7, 11) is 2.09. The van der Waals surface area contributed by atoms with Gasteiger partial charge in [-0.05, 0) is 38.6 Å². The van der Waals surface area contributed by atoms with Crippen LogP contribution in [0, 0.1) is 5.82 Å². The van der Waals surface area contributed by atoms with Crippen LogP contribution in [0.2, 0.25) is 0 Å². The summed E-state index contributed by atoms with van der Waals surface area (Å²) in [6, 6.07) is 4.78. The van der Waals surface area contributed by atoms with Gasteiger partial charge < -0.3 is 15.3 Å². The van der Waals surface area contributed by atoms with Crippen LogP contribution in [-0.4, -0.2) is 36.2 Å². The molecule has 1 aromatic carbocycles. The average Bonchev–Trinajstić information content (AvgIpc) is 2.24. The number of anilines is 1. The number of benzene rings is 1. The fourth-order valence-corrected chi connectivity index (χ4v) is 2.12. The lowest BCUT2D eigenvalue weighted by molar-refractivity contribution is 0.261. The zero-order valence-corrected chi connectivity index (χ0v) is 9.41. The Hall–Kier alpha value is -1.29. The zero-order valence-electron chi connectivity index (χ0n) is 9.41. The maximum atomic E-state index is 13.1. The van der Waals surface area contributed by atoms with Crippen LogP contribution in [0.3, 0.4) is 0 Å². The predicted molar refractivity (Wildman–Crippen MR) is 62.2 cm³/mol. The molecule has 0 saturated carbocycles. The predicted octanol–water partition coefficient (Wildman–Crippen LogP) is 2.04. The smallest absolute Gasteiger partial charge is 0.166 e. The molecule has 0 radical (unpaired) electrons. The molecule has 0 aliphatic carbocycles. The van der Waals surface area contributed by atoms with Crippen molar-refractivity contribution in [1.82, 2.24) is 4.90 Å². The lowest BCUT2D eigenvalue weighted by atomic mass is 10.1. The molecule has 1 fully saturated rings. The first-order valence-electron chi connectivity index (χ1n) is 5.59. The van der Waals surface area contributed by atoms with Crippen molar-refractivity contribution in [3.63, 3.8) is 0 Å². The van der Waals surface area contributed by atoms with Crippen molar-refractivity contribution < 1.29 is 9.50 Å². The Morgan fingerprint density at radius 1 is 1.50 bits per heavy atom. The van der Waals surface area contributed by atoms with Gasteiger partial charge in [-0.2, -0.15) is 0 Å². The molecule has 1 aliphatic heterocycles. The van der Waals surface area contributed by atoms with Crippen molar-refractivity contribution in [2.24, 2.45) is 0 Å². The van der Waals surface area contributed by atoms with Gasteiger partial charge in [0, 0.05) is 24.3 Å². The molecule has 1 aliphatic rings. The molecule has 88 valence electrons. The number of nitrogens with one attached hydrogen (secondary N) is 1. The van der Waals surface area contributed by atoms with Crippen molar-refractivity contribution >= 4 is 5.69 Å². The highest BCUT2D eigenvalue weighted by molar-refractivity contribution is 5.47. The molecule has 0 aromatic heterocycles. The van der Waals surface area contributed by atoms with Gasteiger partial charge >= 0.3 is 0 Å². The molecule has 0 bridgehead atoms. The first-order valence-corrected chi connectivity index (χ1v) is 5.59. The fourth-order valence-electron chi connectivity index (χ4n) is 2.12. The second kappa shape index (κ2) is 4.70. The molecule has 1 saturated heterocycles. The summed E-state index contributed by atoms with van der Waals surface area (Å²) in [4.78, 5) is 2.26. The highest BCUT2D eigenvalue weighted by Gasteiger charge is 2.16. The van der Waals surface area contributed by atoms with Crippen LogP contribution in [-0.2, 0) is 0 Å². The third kappa shape index (κ3) is 2.64. The van der Waals surface area contributed by atoms with Gasteiger partial charge in [-0.1, -0.05) is 0 Å². The van der Waals surface area contributed by atoms with Crippen molar-refractivity contribution in [1.29, 1.82) is 0 Å². The van der Waals surface area contributed by atoms with E-state index in [-0.39, 0.29) is 5.75 Å². The van der Waals surface area contributed by atoms with Crippen LogP contribution in [0.5, 0.6) is 5.75 Å². The molecule has 0 amide bonds. The minimum absolute atomic E-state index is 0.300. The second-order valence-corrected chi connectivity index (χ2v) is 4.41. The van der Waals surface area contributed by atoms with Crippen molar-refractivity contribution in [3.05, 3.63) is 24.0 Å². The Balaban J connectivity index is 2.00. The Labute approximate surface area is 94.9 Å². The highest BCUT2D eigenvalue weighted by atomic mass is 19.1. The quantitative estimate of drug-likeness (QED) is 0.755. The Bertz CT molecular complexity index is 370. The first kappa shape index (κ1) is 11.2. The Morgan fingerprint density at radius 3 is 3.00 bits per heavy atom. The molecule has 16 heavy (non-hydrogen) atoms. The van der Waals surface area contributed by atoms with E-state index < -0.39 is 5.82 Å². The normalized spacial score (nSPS) is 22.0. The fraction of sp³-hybridized carbons (Fsp3) is 0.500. The van der Waals surface area contributed by atoms with E-state index in [1.807, 2.05) is 0 Å². The Morgan fingerprint density at radius 2 is 2.31 bits per heavy atom.